The van der Waals surface area contributed by atoms with E-state index in [0.717, 1.165) is 41.0 Å². The van der Waals surface area contributed by atoms with Gasteiger partial charge in [-0.05, 0) is 37.0 Å². The molecule has 106 valence electrons. The molecule has 2 aliphatic carbocycles. The summed E-state index contributed by atoms with van der Waals surface area (Å²) in [5, 5.41) is 11.4. The van der Waals surface area contributed by atoms with Crippen molar-refractivity contribution in [3.05, 3.63) is 10.6 Å². The summed E-state index contributed by atoms with van der Waals surface area (Å²) in [5.41, 5.74) is 1.30. The van der Waals surface area contributed by atoms with Gasteiger partial charge in [0.25, 0.3) is 0 Å². The molecular weight excluding hydrogens is 256 g/mol. The van der Waals surface area contributed by atoms with Crippen molar-refractivity contribution in [2.75, 3.05) is 18.5 Å². The summed E-state index contributed by atoms with van der Waals surface area (Å²) in [6.45, 7) is 5.55. The highest BCUT2D eigenvalue weighted by Crippen LogP contribution is 2.44. The third-order valence-corrected chi connectivity index (χ3v) is 5.81. The molecule has 0 aliphatic heterocycles. The van der Waals surface area contributed by atoms with Crippen LogP contribution in [-0.2, 0) is 6.42 Å². The van der Waals surface area contributed by atoms with Crippen molar-refractivity contribution in [2.24, 2.45) is 11.3 Å². The number of aromatic nitrogens is 1. The maximum absolute atomic E-state index is 10.3. The van der Waals surface area contributed by atoms with Crippen LogP contribution >= 0.6 is 11.3 Å². The van der Waals surface area contributed by atoms with Crippen LogP contribution in [0.4, 0.5) is 5.13 Å². The van der Waals surface area contributed by atoms with Crippen LogP contribution < -0.4 is 4.90 Å². The summed E-state index contributed by atoms with van der Waals surface area (Å²) in [5.74, 6) is 0.854. The van der Waals surface area contributed by atoms with E-state index in [1.54, 1.807) is 11.3 Å². The first kappa shape index (κ1) is 13.4. The minimum absolute atomic E-state index is 0.171. The minimum Gasteiger partial charge on any atom is -0.387 e. The van der Waals surface area contributed by atoms with Crippen molar-refractivity contribution < 1.29 is 5.11 Å². The summed E-state index contributed by atoms with van der Waals surface area (Å²) in [6, 6.07) is 0. The molecule has 0 aromatic carbocycles. The van der Waals surface area contributed by atoms with E-state index in [9.17, 15) is 5.11 Å². The Labute approximate surface area is 119 Å². The predicted molar refractivity (Wildman–Crippen MR) is 79.8 cm³/mol. The Morgan fingerprint density at radius 1 is 1.42 bits per heavy atom. The van der Waals surface area contributed by atoms with Crippen LogP contribution in [0.3, 0.4) is 0 Å². The van der Waals surface area contributed by atoms with Crippen molar-refractivity contribution >= 4 is 16.5 Å². The van der Waals surface area contributed by atoms with E-state index in [2.05, 4.69) is 25.8 Å². The molecule has 3 rings (SSSR count). The lowest BCUT2D eigenvalue weighted by Gasteiger charge is -2.31. The van der Waals surface area contributed by atoms with E-state index in [4.69, 9.17) is 4.98 Å². The van der Waals surface area contributed by atoms with Gasteiger partial charge in [0.05, 0.1) is 16.7 Å². The summed E-state index contributed by atoms with van der Waals surface area (Å²) in [7, 11) is 2.14. The van der Waals surface area contributed by atoms with Crippen molar-refractivity contribution in [1.29, 1.82) is 0 Å². The Bertz CT molecular complexity index is 465. The number of thiazole rings is 1. The first-order valence-electron chi connectivity index (χ1n) is 7.33. The van der Waals surface area contributed by atoms with E-state index in [-0.39, 0.29) is 11.5 Å². The molecule has 1 fully saturated rings. The lowest BCUT2D eigenvalue weighted by Crippen LogP contribution is -2.29. The Hall–Kier alpha value is -0.610. The number of aliphatic hydroxyl groups is 1. The Kier molecular flexibility index (Phi) is 3.34. The van der Waals surface area contributed by atoms with Crippen molar-refractivity contribution in [2.45, 2.75) is 52.1 Å². The predicted octanol–water partition coefficient (Wildman–Crippen LogP) is 3.39. The van der Waals surface area contributed by atoms with Gasteiger partial charge in [0.1, 0.15) is 0 Å². The average molecular weight is 280 g/mol. The zero-order chi connectivity index (χ0) is 13.6. The van der Waals surface area contributed by atoms with Crippen molar-refractivity contribution in [3.63, 3.8) is 0 Å². The molecule has 0 bridgehead atoms. The van der Waals surface area contributed by atoms with Gasteiger partial charge in [-0.25, -0.2) is 4.98 Å². The molecule has 0 spiro atoms. The van der Waals surface area contributed by atoms with Crippen molar-refractivity contribution in [1.82, 2.24) is 4.98 Å². The Balaban J connectivity index is 1.77. The second kappa shape index (κ2) is 4.74. The van der Waals surface area contributed by atoms with E-state index < -0.39 is 0 Å². The molecule has 1 atom stereocenters. The van der Waals surface area contributed by atoms with E-state index in [1.165, 1.54) is 19.3 Å². The zero-order valence-corrected chi connectivity index (χ0v) is 13.0. The normalized spacial score (nSPS) is 25.8. The number of fused-ring (bicyclic) bond motifs is 1. The fourth-order valence-corrected chi connectivity index (χ4v) is 4.22. The summed E-state index contributed by atoms with van der Waals surface area (Å²) in [4.78, 5) is 8.18. The molecule has 3 nitrogen and oxygen atoms in total. The monoisotopic (exact) mass is 280 g/mol. The van der Waals surface area contributed by atoms with Gasteiger partial charge in [-0.2, -0.15) is 0 Å². The van der Waals surface area contributed by atoms with Gasteiger partial charge in [0.2, 0.25) is 0 Å². The second-order valence-electron chi connectivity index (χ2n) is 7.05. The number of hydrogen-bond donors (Lipinski definition) is 1. The highest BCUT2D eigenvalue weighted by atomic mass is 32.1. The molecule has 1 aromatic rings. The molecule has 0 saturated heterocycles. The summed E-state index contributed by atoms with van der Waals surface area (Å²) in [6.07, 6.45) is 5.65. The van der Waals surface area contributed by atoms with E-state index in [1.807, 2.05) is 0 Å². The van der Waals surface area contributed by atoms with Gasteiger partial charge in [-0.1, -0.05) is 31.6 Å². The van der Waals surface area contributed by atoms with Gasteiger partial charge in [-0.15, -0.1) is 0 Å². The first-order valence-corrected chi connectivity index (χ1v) is 8.15. The highest BCUT2D eigenvalue weighted by Gasteiger charge is 2.34. The lowest BCUT2D eigenvalue weighted by molar-refractivity contribution is 0.102. The average Bonchev–Trinajstić information content (AvgIpc) is 2.65. The topological polar surface area (TPSA) is 36.4 Å². The van der Waals surface area contributed by atoms with E-state index >= 15 is 0 Å². The number of nitrogens with zero attached hydrogens (tertiary/aromatic N) is 2. The molecular formula is C15H24N2OS. The molecule has 1 unspecified atom stereocenters. The van der Waals surface area contributed by atoms with E-state index in [0.29, 0.717) is 0 Å². The number of aliphatic hydroxyl groups excluding tert-OH is 1. The highest BCUT2D eigenvalue weighted by molar-refractivity contribution is 7.15. The van der Waals surface area contributed by atoms with Crippen LogP contribution in [0, 0.1) is 11.3 Å². The van der Waals surface area contributed by atoms with Crippen LogP contribution in [0.5, 0.6) is 0 Å². The molecule has 19 heavy (non-hydrogen) atoms. The Morgan fingerprint density at radius 2 is 2.16 bits per heavy atom. The van der Waals surface area contributed by atoms with Crippen LogP contribution in [0.2, 0.25) is 0 Å². The maximum Gasteiger partial charge on any atom is 0.185 e. The maximum atomic E-state index is 10.3. The first-order chi connectivity index (χ1) is 8.94. The molecule has 1 aromatic heterocycles. The van der Waals surface area contributed by atoms with Crippen LogP contribution in [0.1, 0.15) is 56.2 Å². The number of rotatable bonds is 3. The molecule has 0 radical (unpaired) electrons. The molecule has 4 heteroatoms. The molecule has 1 heterocycles. The summed E-state index contributed by atoms with van der Waals surface area (Å²) < 4.78 is 0. The third kappa shape index (κ3) is 2.65. The SMILES string of the molecule is CN(CC1CCC1)c1nc2c(s1)C(O)CC(C)(C)C2. The molecule has 0 amide bonds. The fourth-order valence-electron chi connectivity index (χ4n) is 3.18. The van der Waals surface area contributed by atoms with Gasteiger partial charge in [0, 0.05) is 13.6 Å². The zero-order valence-electron chi connectivity index (χ0n) is 12.1. The molecule has 1 N–H and O–H groups in total. The quantitative estimate of drug-likeness (QED) is 0.922. The minimum atomic E-state index is -0.317. The van der Waals surface area contributed by atoms with Crippen LogP contribution in [0.25, 0.3) is 0 Å². The van der Waals surface area contributed by atoms with Crippen LogP contribution in [0.15, 0.2) is 0 Å². The molecule has 1 saturated carbocycles. The van der Waals surface area contributed by atoms with Gasteiger partial charge in [0.15, 0.2) is 5.13 Å². The largest absolute Gasteiger partial charge is 0.387 e. The number of hydrogen-bond acceptors (Lipinski definition) is 4. The standard InChI is InChI=1S/C15H24N2OS/c1-15(2)7-11-13(12(18)8-15)19-14(16-11)17(3)9-10-5-4-6-10/h10,12,18H,4-9H2,1-3H3. The lowest BCUT2D eigenvalue weighted by atomic mass is 9.77. The second-order valence-corrected chi connectivity index (χ2v) is 8.05. The fraction of sp³-hybridized carbons (Fsp3) is 0.800. The van der Waals surface area contributed by atoms with Gasteiger partial charge in [-0.3, -0.25) is 0 Å². The Morgan fingerprint density at radius 3 is 2.79 bits per heavy atom. The third-order valence-electron chi connectivity index (χ3n) is 4.49. The summed E-state index contributed by atoms with van der Waals surface area (Å²) >= 11 is 1.69. The van der Waals surface area contributed by atoms with Crippen molar-refractivity contribution in [3.8, 4) is 0 Å². The molecule has 2 aliphatic rings. The van der Waals surface area contributed by atoms with Gasteiger partial charge < -0.3 is 10.0 Å². The smallest absolute Gasteiger partial charge is 0.185 e. The number of anilines is 1. The van der Waals surface area contributed by atoms with Gasteiger partial charge >= 0.3 is 0 Å². The van der Waals surface area contributed by atoms with Crippen LogP contribution in [-0.4, -0.2) is 23.7 Å².